The lowest BCUT2D eigenvalue weighted by atomic mass is 10.3. The second-order valence-corrected chi connectivity index (χ2v) is 8.18. The van der Waals surface area contributed by atoms with Crippen LogP contribution in [0.15, 0.2) is 0 Å². The van der Waals surface area contributed by atoms with E-state index in [-0.39, 0.29) is 6.92 Å². The van der Waals surface area contributed by atoms with Gasteiger partial charge in [0.25, 0.3) is 0 Å². The Morgan fingerprint density at radius 3 is 1.24 bits per heavy atom. The molecule has 0 N–H and O–H groups in total. The lowest BCUT2D eigenvalue weighted by Gasteiger charge is -2.38. The van der Waals surface area contributed by atoms with E-state index in [1.165, 1.54) is 0 Å². The second-order valence-electron chi connectivity index (χ2n) is 3.27. The normalized spacial score (nSPS) is 33.1. The number of alkyl halides is 6. The third-order valence-electron chi connectivity index (χ3n) is 2.32. The van der Waals surface area contributed by atoms with E-state index in [0.29, 0.717) is 0 Å². The highest BCUT2D eigenvalue weighted by Crippen LogP contribution is 2.57. The molecule has 0 aromatic rings. The van der Waals surface area contributed by atoms with Gasteiger partial charge < -0.3 is 0 Å². The first-order chi connectivity index (χ1) is 7.15. The van der Waals surface area contributed by atoms with E-state index in [1.807, 2.05) is 0 Å². The summed E-state index contributed by atoms with van der Waals surface area (Å²) < 4.78 is 116. The van der Waals surface area contributed by atoms with Gasteiger partial charge in [-0.2, -0.15) is 26.3 Å². The smallest absolute Gasteiger partial charge is 0.221 e. The third-order valence-corrected chi connectivity index (χ3v) is 7.53. The highest BCUT2D eigenvalue weighted by atomic mass is 32.3. The first-order valence-corrected chi connectivity index (χ1v) is 6.85. The standard InChI is InChI=1S/C5H4F6O4S2/c1-2-16(12,13)4(8,9)3(6,7)5(10,11)17(2,14)15/h2H,1H3. The Labute approximate surface area is 91.4 Å². The molecule has 0 amide bonds. The van der Waals surface area contributed by atoms with Gasteiger partial charge in [0.05, 0.1) is 0 Å². The van der Waals surface area contributed by atoms with Crippen LogP contribution in [0.5, 0.6) is 0 Å². The van der Waals surface area contributed by atoms with Gasteiger partial charge in [0.15, 0.2) is 4.58 Å². The Balaban J connectivity index is 3.82. The van der Waals surface area contributed by atoms with Gasteiger partial charge in [-0.1, -0.05) is 0 Å². The summed E-state index contributed by atoms with van der Waals surface area (Å²) in [5.74, 6) is -6.52. The molecule has 0 spiro atoms. The highest BCUT2D eigenvalue weighted by molar-refractivity contribution is 8.10. The van der Waals surface area contributed by atoms with E-state index < -0.39 is 40.7 Å². The Kier molecular flexibility index (Phi) is 2.63. The largest absolute Gasteiger partial charge is 0.415 e. The fourth-order valence-electron chi connectivity index (χ4n) is 1.11. The van der Waals surface area contributed by atoms with Gasteiger partial charge in [0.2, 0.25) is 19.7 Å². The predicted molar refractivity (Wildman–Crippen MR) is 42.1 cm³/mol. The van der Waals surface area contributed by atoms with Crippen molar-refractivity contribution in [3.8, 4) is 0 Å². The summed E-state index contributed by atoms with van der Waals surface area (Å²) in [6.07, 6.45) is 0. The van der Waals surface area contributed by atoms with Crippen molar-refractivity contribution < 1.29 is 43.2 Å². The van der Waals surface area contributed by atoms with Crippen molar-refractivity contribution >= 4 is 19.7 Å². The highest BCUT2D eigenvalue weighted by Gasteiger charge is 2.87. The molecule has 1 aliphatic rings. The van der Waals surface area contributed by atoms with Crippen LogP contribution in [-0.4, -0.2) is 37.8 Å². The zero-order chi connectivity index (χ0) is 14.1. The van der Waals surface area contributed by atoms with Crippen LogP contribution in [-0.2, 0) is 19.7 Å². The number of rotatable bonds is 0. The van der Waals surface area contributed by atoms with Crippen LogP contribution in [0.4, 0.5) is 26.3 Å². The Hall–Kier alpha value is -0.520. The van der Waals surface area contributed by atoms with Crippen LogP contribution < -0.4 is 0 Å². The van der Waals surface area contributed by atoms with Crippen LogP contribution in [0.3, 0.4) is 0 Å². The van der Waals surface area contributed by atoms with Crippen LogP contribution in [0, 0.1) is 0 Å². The van der Waals surface area contributed by atoms with Gasteiger partial charge >= 0.3 is 16.4 Å². The number of sulfone groups is 2. The van der Waals surface area contributed by atoms with Gasteiger partial charge in [0, 0.05) is 0 Å². The lowest BCUT2D eigenvalue weighted by Crippen LogP contribution is -2.69. The van der Waals surface area contributed by atoms with Gasteiger partial charge in [-0.05, 0) is 6.92 Å². The molecule has 1 aliphatic heterocycles. The van der Waals surface area contributed by atoms with Gasteiger partial charge in [-0.3, -0.25) is 0 Å². The minimum absolute atomic E-state index is 0.0122. The van der Waals surface area contributed by atoms with E-state index in [9.17, 15) is 43.2 Å². The SMILES string of the molecule is CC1S(=O)(=O)C(F)(F)C(F)(F)C(F)(F)S1(=O)=O. The molecule has 102 valence electrons. The average molecular weight is 306 g/mol. The van der Waals surface area contributed by atoms with Crippen molar-refractivity contribution in [3.05, 3.63) is 0 Å². The first kappa shape index (κ1) is 14.5. The number of hydrogen-bond donors (Lipinski definition) is 0. The molecule has 1 rings (SSSR count). The molecule has 1 fully saturated rings. The fourth-order valence-corrected chi connectivity index (χ4v) is 5.04. The van der Waals surface area contributed by atoms with Crippen LogP contribution >= 0.6 is 0 Å². The van der Waals surface area contributed by atoms with Crippen molar-refractivity contribution in [3.63, 3.8) is 0 Å². The molecular weight excluding hydrogens is 302 g/mol. The molecule has 4 nitrogen and oxygen atoms in total. The van der Waals surface area contributed by atoms with Crippen molar-refractivity contribution in [2.24, 2.45) is 0 Å². The third kappa shape index (κ3) is 1.25. The lowest BCUT2D eigenvalue weighted by molar-refractivity contribution is -0.246. The molecule has 1 heterocycles. The maximum atomic E-state index is 12.8. The molecule has 0 saturated carbocycles. The van der Waals surface area contributed by atoms with E-state index in [4.69, 9.17) is 0 Å². The molecule has 0 unspecified atom stereocenters. The fraction of sp³-hybridized carbons (Fsp3) is 1.00. The summed E-state index contributed by atoms with van der Waals surface area (Å²) in [7, 11) is -12.6. The molecule has 0 radical (unpaired) electrons. The van der Waals surface area contributed by atoms with Gasteiger partial charge in [-0.15, -0.1) is 0 Å². The summed E-state index contributed by atoms with van der Waals surface area (Å²) in [6.45, 7) is -0.0122. The Morgan fingerprint density at radius 2 is 1.00 bits per heavy atom. The molecule has 1 saturated heterocycles. The first-order valence-electron chi connectivity index (χ1n) is 3.76. The number of halogens is 6. The average Bonchev–Trinajstić information content (AvgIpc) is 2.13. The van der Waals surface area contributed by atoms with E-state index in [2.05, 4.69) is 0 Å². The molecule has 12 heteroatoms. The zero-order valence-electron chi connectivity index (χ0n) is 7.79. The summed E-state index contributed by atoms with van der Waals surface area (Å²) in [6, 6.07) is 0. The molecule has 0 aromatic heterocycles. The van der Waals surface area contributed by atoms with Crippen LogP contribution in [0.1, 0.15) is 6.92 Å². The minimum Gasteiger partial charge on any atom is -0.221 e. The Bertz CT molecular complexity index is 499. The van der Waals surface area contributed by atoms with Crippen molar-refractivity contribution in [2.75, 3.05) is 0 Å². The molecular formula is C5H4F6O4S2. The number of hydrogen-bond acceptors (Lipinski definition) is 4. The molecule has 0 aromatic carbocycles. The molecule has 0 bridgehead atoms. The van der Waals surface area contributed by atoms with Crippen LogP contribution in [0.25, 0.3) is 0 Å². The second kappa shape index (κ2) is 3.08. The summed E-state index contributed by atoms with van der Waals surface area (Å²) in [4.78, 5) is 0. The van der Waals surface area contributed by atoms with Crippen LogP contribution in [0.2, 0.25) is 0 Å². The van der Waals surface area contributed by atoms with Crippen molar-refractivity contribution in [1.29, 1.82) is 0 Å². The summed E-state index contributed by atoms with van der Waals surface area (Å²) >= 11 is 0. The summed E-state index contributed by atoms with van der Waals surface area (Å²) in [5, 5.41) is -12.3. The topological polar surface area (TPSA) is 68.3 Å². The zero-order valence-corrected chi connectivity index (χ0v) is 9.43. The predicted octanol–water partition coefficient (Wildman–Crippen LogP) is 0.997. The van der Waals surface area contributed by atoms with E-state index in [1.54, 1.807) is 0 Å². The molecule has 17 heavy (non-hydrogen) atoms. The van der Waals surface area contributed by atoms with Crippen molar-refractivity contribution in [2.45, 2.75) is 27.9 Å². The Morgan fingerprint density at radius 1 is 0.765 bits per heavy atom. The van der Waals surface area contributed by atoms with Crippen molar-refractivity contribution in [1.82, 2.24) is 0 Å². The summed E-state index contributed by atoms with van der Waals surface area (Å²) in [5.41, 5.74) is 0. The van der Waals surface area contributed by atoms with Gasteiger partial charge in [-0.25, -0.2) is 16.8 Å². The van der Waals surface area contributed by atoms with E-state index in [0.717, 1.165) is 0 Å². The minimum atomic E-state index is -6.52. The monoisotopic (exact) mass is 306 g/mol. The molecule has 0 atom stereocenters. The van der Waals surface area contributed by atoms with Gasteiger partial charge in [0.1, 0.15) is 0 Å². The molecule has 0 aliphatic carbocycles. The quantitative estimate of drug-likeness (QED) is 0.626. The van der Waals surface area contributed by atoms with E-state index >= 15 is 0 Å². The maximum Gasteiger partial charge on any atom is 0.415 e. The maximum absolute atomic E-state index is 12.8.